The second-order valence-corrected chi connectivity index (χ2v) is 11.8. The van der Waals surface area contributed by atoms with Crippen LogP contribution in [0.3, 0.4) is 0 Å². The van der Waals surface area contributed by atoms with Gasteiger partial charge in [0.25, 0.3) is 0 Å². The first-order valence-electron chi connectivity index (χ1n) is 15.6. The van der Waals surface area contributed by atoms with Crippen molar-refractivity contribution < 1.29 is 78.5 Å². The molecule has 2 aliphatic heterocycles. The van der Waals surface area contributed by atoms with Gasteiger partial charge in [0.2, 0.25) is 12.6 Å². The van der Waals surface area contributed by atoms with E-state index in [-0.39, 0.29) is 34.3 Å². The van der Waals surface area contributed by atoms with Gasteiger partial charge in [0, 0.05) is 18.2 Å². The number of phenolic OH excluding ortho intramolecular Hbond substituents is 1. The molecule has 10 atom stereocenters. The lowest BCUT2D eigenvalue weighted by Crippen LogP contribution is -2.61. The van der Waals surface area contributed by atoms with Gasteiger partial charge in [-0.2, -0.15) is 0 Å². The molecule has 3 aromatic rings. The van der Waals surface area contributed by atoms with Crippen LogP contribution in [0.25, 0.3) is 17.4 Å². The molecule has 0 unspecified atom stereocenters. The van der Waals surface area contributed by atoms with Crippen LogP contribution in [-0.2, 0) is 19.0 Å². The molecule has 3 heterocycles. The Morgan fingerprint density at radius 1 is 0.804 bits per heavy atom. The molecule has 0 saturated carbocycles. The zero-order valence-electron chi connectivity index (χ0n) is 27.2. The van der Waals surface area contributed by atoms with Gasteiger partial charge in [-0.3, -0.25) is 0 Å². The number of carbonyl (C=O) groups excluding carboxylic acids is 1. The second-order valence-electron chi connectivity index (χ2n) is 11.8. The Hall–Kier alpha value is -4.56. The maximum atomic E-state index is 12.9. The lowest BCUT2D eigenvalue weighted by atomic mass is 9.98. The third-order valence-corrected chi connectivity index (χ3v) is 8.22. The Bertz CT molecular complexity index is 1740. The maximum Gasteiger partial charge on any atom is 0.339 e. The molecule has 2 aromatic carbocycles. The van der Waals surface area contributed by atoms with Crippen molar-refractivity contribution in [3.8, 4) is 34.3 Å². The van der Waals surface area contributed by atoms with Crippen molar-refractivity contribution in [1.29, 1.82) is 0 Å². The van der Waals surface area contributed by atoms with Crippen molar-refractivity contribution in [2.45, 2.75) is 68.3 Å². The maximum absolute atomic E-state index is 12.9. The third-order valence-electron chi connectivity index (χ3n) is 8.22. The summed E-state index contributed by atoms with van der Waals surface area (Å²) >= 11 is 0. The molecule has 8 N–H and O–H groups in total. The van der Waals surface area contributed by atoms with E-state index in [0.717, 1.165) is 12.1 Å². The molecule has 2 aliphatic rings. The molecule has 17 nitrogen and oxygen atoms in total. The fraction of sp³-hybridized carbons (Fsp3) is 0.412. The summed E-state index contributed by atoms with van der Waals surface area (Å²) in [6.45, 7) is 0.0656. The van der Waals surface area contributed by atoms with Crippen LogP contribution in [0.5, 0.6) is 23.0 Å². The van der Waals surface area contributed by atoms with E-state index in [4.69, 9.17) is 32.8 Å². The van der Waals surface area contributed by atoms with Gasteiger partial charge in [0.1, 0.15) is 71.5 Å². The molecular formula is C34H38O17. The van der Waals surface area contributed by atoms with E-state index in [2.05, 4.69) is 0 Å². The highest BCUT2D eigenvalue weighted by Crippen LogP contribution is 2.40. The largest absolute Gasteiger partial charge is 0.508 e. The number of aliphatic hydroxyl groups is 7. The number of aliphatic hydroxyl groups excluding tert-OH is 7. The number of aromatic hydroxyl groups is 1. The summed E-state index contributed by atoms with van der Waals surface area (Å²) in [6, 6.07) is 11.0. The Labute approximate surface area is 289 Å². The topological polar surface area (TPSA) is 264 Å². The monoisotopic (exact) mass is 718 g/mol. The van der Waals surface area contributed by atoms with Crippen LogP contribution in [0.1, 0.15) is 11.1 Å². The highest BCUT2D eigenvalue weighted by Gasteiger charge is 2.48. The zero-order valence-corrected chi connectivity index (χ0v) is 27.2. The normalized spacial score (nSPS) is 29.4. The summed E-state index contributed by atoms with van der Waals surface area (Å²) < 4.78 is 39.3. The summed E-state index contributed by atoms with van der Waals surface area (Å²) in [5.74, 6) is -1.22. The van der Waals surface area contributed by atoms with Crippen LogP contribution in [0.2, 0.25) is 0 Å². The van der Waals surface area contributed by atoms with Crippen LogP contribution in [0.4, 0.5) is 0 Å². The molecule has 276 valence electrons. The number of carbonyl (C=O) groups is 1. The third kappa shape index (κ3) is 8.50. The SMILES string of the molecule is COc1cc(-c2c(C)cc(O[C@@H]3O[C@H](CO)[C@@H](O)[C@H](O)[C@H]3O)cc2O[C@H]2O[C@@H](CO)[C@H](O)[C@@H](O)[C@@H]2OC(=O)/C=C/c2ccc(O)cc2)oc(=O)c1. The highest BCUT2D eigenvalue weighted by atomic mass is 16.7. The number of methoxy groups -OCH3 is 1. The van der Waals surface area contributed by atoms with Crippen molar-refractivity contribution in [2.75, 3.05) is 20.3 Å². The van der Waals surface area contributed by atoms with Crippen LogP contribution < -0.4 is 19.8 Å². The number of benzene rings is 2. The fourth-order valence-electron chi connectivity index (χ4n) is 5.52. The Balaban J connectivity index is 1.53. The molecule has 2 saturated heterocycles. The molecule has 0 spiro atoms. The first-order chi connectivity index (χ1) is 24.3. The number of phenols is 1. The molecule has 0 bridgehead atoms. The van der Waals surface area contributed by atoms with Crippen LogP contribution in [0.15, 0.2) is 63.8 Å². The molecule has 1 aromatic heterocycles. The number of esters is 1. The van der Waals surface area contributed by atoms with Gasteiger partial charge in [0.15, 0.2) is 6.10 Å². The van der Waals surface area contributed by atoms with Gasteiger partial charge in [-0.25, -0.2) is 9.59 Å². The summed E-state index contributed by atoms with van der Waals surface area (Å²) in [5.41, 5.74) is 0.143. The number of rotatable bonds is 11. The molecular weight excluding hydrogens is 680 g/mol. The molecule has 0 aliphatic carbocycles. The van der Waals surface area contributed by atoms with E-state index >= 15 is 0 Å². The van der Waals surface area contributed by atoms with Gasteiger partial charge in [0.05, 0.1) is 32.0 Å². The van der Waals surface area contributed by atoms with E-state index < -0.39 is 86.2 Å². The average molecular weight is 719 g/mol. The molecule has 2 fully saturated rings. The van der Waals surface area contributed by atoms with E-state index in [0.29, 0.717) is 11.1 Å². The predicted octanol–water partition coefficient (Wildman–Crippen LogP) is -1.05. The lowest BCUT2D eigenvalue weighted by Gasteiger charge is -2.41. The molecule has 51 heavy (non-hydrogen) atoms. The van der Waals surface area contributed by atoms with Crippen molar-refractivity contribution >= 4 is 12.0 Å². The first-order valence-corrected chi connectivity index (χ1v) is 15.6. The first kappa shape index (κ1) is 37.7. The molecule has 5 rings (SSSR count). The van der Waals surface area contributed by atoms with Gasteiger partial charge >= 0.3 is 11.6 Å². The smallest absolute Gasteiger partial charge is 0.339 e. The average Bonchev–Trinajstić information content (AvgIpc) is 3.10. The van der Waals surface area contributed by atoms with E-state index in [1.54, 1.807) is 6.92 Å². The summed E-state index contributed by atoms with van der Waals surface area (Å²) in [4.78, 5) is 25.4. The molecule has 0 radical (unpaired) electrons. The number of aryl methyl sites for hydroxylation is 1. The second kappa shape index (κ2) is 16.2. The zero-order chi connectivity index (χ0) is 37.0. The van der Waals surface area contributed by atoms with E-state index in [1.165, 1.54) is 55.7 Å². The minimum atomic E-state index is -1.85. The number of hydrogen-bond acceptors (Lipinski definition) is 17. The minimum absolute atomic E-state index is 0.00936. The van der Waals surface area contributed by atoms with Gasteiger partial charge in [-0.1, -0.05) is 12.1 Å². The van der Waals surface area contributed by atoms with Gasteiger partial charge in [-0.05, 0) is 42.3 Å². The Morgan fingerprint density at radius 2 is 1.45 bits per heavy atom. The van der Waals surface area contributed by atoms with Crippen LogP contribution in [0, 0.1) is 6.92 Å². The predicted molar refractivity (Wildman–Crippen MR) is 172 cm³/mol. The van der Waals surface area contributed by atoms with Crippen molar-refractivity contribution in [2.24, 2.45) is 0 Å². The highest BCUT2D eigenvalue weighted by molar-refractivity contribution is 5.87. The summed E-state index contributed by atoms with van der Waals surface area (Å²) in [6.07, 6.45) is -14.1. The van der Waals surface area contributed by atoms with E-state index in [1.807, 2.05) is 0 Å². The standard InChI is InChI=1S/C34H38O17/c1-15-9-19(46-33-31(44)29(42)27(40)22(13-35)49-33)11-21(26(15)20-10-18(45-2)12-25(39)47-20)48-34-32(30(43)28(41)23(14-36)50-34)51-24(38)8-5-16-3-6-17(37)7-4-16/h3-12,22-23,27-37,40-44H,13-14H2,1-2H3/b8-5+/t22-,23+,27-,28+,29+,30-,31-,32+,33-,34+/m1/s1. The summed E-state index contributed by atoms with van der Waals surface area (Å²) in [5, 5.41) is 81.7. The fourth-order valence-corrected chi connectivity index (χ4v) is 5.52. The van der Waals surface area contributed by atoms with Crippen molar-refractivity contribution in [3.63, 3.8) is 0 Å². The molecule has 17 heteroatoms. The Morgan fingerprint density at radius 3 is 2.10 bits per heavy atom. The van der Waals surface area contributed by atoms with Crippen LogP contribution in [-0.4, -0.2) is 129 Å². The number of hydrogen-bond donors (Lipinski definition) is 8. The molecule has 0 amide bonds. The van der Waals surface area contributed by atoms with Gasteiger partial charge < -0.3 is 73.7 Å². The van der Waals surface area contributed by atoms with Crippen LogP contribution >= 0.6 is 0 Å². The van der Waals surface area contributed by atoms with Gasteiger partial charge in [-0.15, -0.1) is 0 Å². The van der Waals surface area contributed by atoms with Crippen molar-refractivity contribution in [1.82, 2.24) is 0 Å². The number of ether oxygens (including phenoxy) is 6. The summed E-state index contributed by atoms with van der Waals surface area (Å²) in [7, 11) is 1.33. The Kier molecular flexibility index (Phi) is 12.0. The quantitative estimate of drug-likeness (QED) is 0.0868. The van der Waals surface area contributed by atoms with E-state index in [9.17, 15) is 50.4 Å². The van der Waals surface area contributed by atoms with Crippen molar-refractivity contribution in [3.05, 3.63) is 76.2 Å². The minimum Gasteiger partial charge on any atom is -0.508 e. The lowest BCUT2D eigenvalue weighted by molar-refractivity contribution is -0.281.